The van der Waals surface area contributed by atoms with Gasteiger partial charge < -0.3 is 15.8 Å². The average Bonchev–Trinajstić information content (AvgIpc) is 2.67. The summed E-state index contributed by atoms with van der Waals surface area (Å²) in [7, 11) is 0. The highest BCUT2D eigenvalue weighted by Gasteiger charge is 2.55. The third-order valence-electron chi connectivity index (χ3n) is 4.50. The highest BCUT2D eigenvalue weighted by molar-refractivity contribution is 6.09. The Morgan fingerprint density at radius 1 is 1.45 bits per heavy atom. The minimum atomic E-state index is -1.10. The van der Waals surface area contributed by atoms with E-state index in [1.807, 2.05) is 6.92 Å². The number of hydrogen-bond acceptors (Lipinski definition) is 5. The number of hydrogen-bond donors (Lipinski definition) is 2. The van der Waals surface area contributed by atoms with Crippen LogP contribution in [0, 0.1) is 5.92 Å². The van der Waals surface area contributed by atoms with Crippen LogP contribution in [0.25, 0.3) is 0 Å². The number of nitrogens with one attached hydrogen (secondary N) is 1. The van der Waals surface area contributed by atoms with E-state index in [1.54, 1.807) is 0 Å². The summed E-state index contributed by atoms with van der Waals surface area (Å²) < 4.78 is 4.79. The Morgan fingerprint density at radius 2 is 2.14 bits per heavy atom. The fraction of sp³-hybridized carbons (Fsp3) is 0.714. The van der Waals surface area contributed by atoms with E-state index in [1.165, 1.54) is 6.92 Å². The number of ether oxygens (including phenoxy) is 1. The summed E-state index contributed by atoms with van der Waals surface area (Å²) in [5.41, 5.74) is 4.09. The molecule has 0 unspecified atom stereocenters. The van der Waals surface area contributed by atoms with Crippen molar-refractivity contribution in [1.29, 1.82) is 0 Å². The minimum absolute atomic E-state index is 0.0169. The topological polar surface area (TPSA) is 119 Å². The lowest BCUT2D eigenvalue weighted by molar-refractivity contribution is -0.156. The van der Waals surface area contributed by atoms with Gasteiger partial charge in [-0.15, -0.1) is 0 Å². The molecular weight excluding hydrogens is 290 g/mol. The smallest absolute Gasteiger partial charge is 0.327 e. The van der Waals surface area contributed by atoms with Gasteiger partial charge in [0, 0.05) is 0 Å². The van der Waals surface area contributed by atoms with E-state index in [2.05, 4.69) is 5.32 Å². The Morgan fingerprint density at radius 3 is 2.73 bits per heavy atom. The molecule has 0 bridgehead atoms. The lowest BCUT2D eigenvalue weighted by Crippen LogP contribution is -2.54. The maximum absolute atomic E-state index is 12.6. The first-order valence-electron chi connectivity index (χ1n) is 7.41. The van der Waals surface area contributed by atoms with Crippen molar-refractivity contribution in [3.63, 3.8) is 0 Å². The average molecular weight is 311 g/mol. The SMILES string of the molecule is C[C@@H](OC(=O)CN1C(=O)N[C@]2(CCCC[C@@H]2C)C1=O)C(N)=O. The van der Waals surface area contributed by atoms with E-state index < -0.39 is 42.0 Å². The number of nitrogens with zero attached hydrogens (tertiary/aromatic N) is 1. The number of carbonyl (C=O) groups is 4. The van der Waals surface area contributed by atoms with Crippen molar-refractivity contribution in [2.75, 3.05) is 6.54 Å². The number of imide groups is 1. The zero-order valence-electron chi connectivity index (χ0n) is 12.8. The summed E-state index contributed by atoms with van der Waals surface area (Å²) in [6.45, 7) is 2.74. The zero-order chi connectivity index (χ0) is 16.5. The standard InChI is InChI=1S/C14H21N3O5/c1-8-5-3-4-6-14(8)12(20)17(13(21)16-14)7-10(18)22-9(2)11(15)19/h8-9H,3-7H2,1-2H3,(H2,15,19)(H,16,21)/t8-,9+,14-/m0/s1. The van der Waals surface area contributed by atoms with Crippen molar-refractivity contribution >= 4 is 23.8 Å². The summed E-state index contributed by atoms with van der Waals surface area (Å²) in [5, 5.41) is 2.74. The number of amides is 4. The molecule has 2 aliphatic rings. The van der Waals surface area contributed by atoms with Gasteiger partial charge in [0.25, 0.3) is 11.8 Å². The number of rotatable bonds is 4. The van der Waals surface area contributed by atoms with Crippen molar-refractivity contribution < 1.29 is 23.9 Å². The molecule has 1 spiro atoms. The molecule has 8 nitrogen and oxygen atoms in total. The Kier molecular flexibility index (Phi) is 4.39. The fourth-order valence-electron chi connectivity index (χ4n) is 3.06. The lowest BCUT2D eigenvalue weighted by atomic mass is 9.73. The van der Waals surface area contributed by atoms with Crippen LogP contribution in [0.15, 0.2) is 0 Å². The van der Waals surface area contributed by atoms with Crippen LogP contribution in [0.3, 0.4) is 0 Å². The Balaban J connectivity index is 2.06. The zero-order valence-corrected chi connectivity index (χ0v) is 12.8. The monoisotopic (exact) mass is 311 g/mol. The Bertz CT molecular complexity index is 521. The number of esters is 1. The molecule has 8 heteroatoms. The third-order valence-corrected chi connectivity index (χ3v) is 4.50. The lowest BCUT2D eigenvalue weighted by Gasteiger charge is -2.36. The number of urea groups is 1. The summed E-state index contributed by atoms with van der Waals surface area (Å²) in [6.07, 6.45) is 2.19. The van der Waals surface area contributed by atoms with Crippen LogP contribution < -0.4 is 11.1 Å². The molecule has 0 aromatic heterocycles. The summed E-state index contributed by atoms with van der Waals surface area (Å²) in [4.78, 5) is 48.1. The van der Waals surface area contributed by atoms with Gasteiger partial charge in [0.2, 0.25) is 0 Å². The third kappa shape index (κ3) is 2.77. The second-order valence-electron chi connectivity index (χ2n) is 5.97. The molecule has 2 rings (SSSR count). The van der Waals surface area contributed by atoms with E-state index >= 15 is 0 Å². The summed E-state index contributed by atoms with van der Waals surface area (Å²) in [6, 6.07) is -0.595. The molecule has 4 amide bonds. The van der Waals surface area contributed by atoms with E-state index in [0.717, 1.165) is 24.2 Å². The second kappa shape index (κ2) is 5.94. The van der Waals surface area contributed by atoms with Gasteiger partial charge in [-0.1, -0.05) is 19.8 Å². The molecule has 0 aromatic rings. The predicted octanol–water partition coefficient (Wildman–Crippen LogP) is -0.0959. The fourth-order valence-corrected chi connectivity index (χ4v) is 3.06. The van der Waals surface area contributed by atoms with Gasteiger partial charge in [-0.05, 0) is 25.7 Å². The van der Waals surface area contributed by atoms with E-state index in [0.29, 0.717) is 6.42 Å². The van der Waals surface area contributed by atoms with Crippen molar-refractivity contribution in [1.82, 2.24) is 10.2 Å². The van der Waals surface area contributed by atoms with Crippen molar-refractivity contribution in [2.24, 2.45) is 11.7 Å². The summed E-state index contributed by atoms with van der Waals surface area (Å²) >= 11 is 0. The van der Waals surface area contributed by atoms with Crippen LogP contribution in [0.5, 0.6) is 0 Å². The quantitative estimate of drug-likeness (QED) is 0.555. The first-order chi connectivity index (χ1) is 10.3. The maximum Gasteiger partial charge on any atom is 0.327 e. The van der Waals surface area contributed by atoms with Gasteiger partial charge in [-0.2, -0.15) is 0 Å². The van der Waals surface area contributed by atoms with Gasteiger partial charge in [0.15, 0.2) is 6.10 Å². The molecule has 1 aliphatic heterocycles. The molecule has 0 aromatic carbocycles. The van der Waals surface area contributed by atoms with Crippen molar-refractivity contribution in [3.8, 4) is 0 Å². The Hall–Kier alpha value is -2.12. The van der Waals surface area contributed by atoms with Gasteiger partial charge in [0.05, 0.1) is 0 Å². The van der Waals surface area contributed by atoms with Crippen LogP contribution in [0.2, 0.25) is 0 Å². The molecule has 122 valence electrons. The van der Waals surface area contributed by atoms with Crippen LogP contribution in [-0.2, 0) is 19.1 Å². The van der Waals surface area contributed by atoms with Gasteiger partial charge in [-0.25, -0.2) is 4.79 Å². The van der Waals surface area contributed by atoms with E-state index in [-0.39, 0.29) is 5.92 Å². The molecule has 1 saturated carbocycles. The number of primary amides is 1. The highest BCUT2D eigenvalue weighted by Crippen LogP contribution is 2.38. The highest BCUT2D eigenvalue weighted by atomic mass is 16.5. The molecular formula is C14H21N3O5. The van der Waals surface area contributed by atoms with Crippen molar-refractivity contribution in [2.45, 2.75) is 51.2 Å². The van der Waals surface area contributed by atoms with E-state index in [4.69, 9.17) is 10.5 Å². The molecule has 3 atom stereocenters. The molecule has 1 aliphatic carbocycles. The van der Waals surface area contributed by atoms with E-state index in [9.17, 15) is 19.2 Å². The van der Waals surface area contributed by atoms with Gasteiger partial charge >= 0.3 is 12.0 Å². The number of nitrogens with two attached hydrogens (primary N) is 1. The van der Waals surface area contributed by atoms with Gasteiger partial charge in [0.1, 0.15) is 12.1 Å². The maximum atomic E-state index is 12.6. The van der Waals surface area contributed by atoms with Gasteiger partial charge in [-0.3, -0.25) is 19.3 Å². The number of carbonyl (C=O) groups excluding carboxylic acids is 4. The molecule has 1 saturated heterocycles. The normalized spacial score (nSPS) is 29.4. The predicted molar refractivity (Wildman–Crippen MR) is 75.4 cm³/mol. The first kappa shape index (κ1) is 16.3. The largest absolute Gasteiger partial charge is 0.451 e. The van der Waals surface area contributed by atoms with Crippen LogP contribution in [-0.4, -0.2) is 46.9 Å². The molecule has 0 radical (unpaired) electrons. The molecule has 22 heavy (non-hydrogen) atoms. The first-order valence-corrected chi connectivity index (χ1v) is 7.41. The summed E-state index contributed by atoms with van der Waals surface area (Å²) in [5.74, 6) is -2.00. The van der Waals surface area contributed by atoms with Crippen molar-refractivity contribution in [3.05, 3.63) is 0 Å². The molecule has 3 N–H and O–H groups in total. The van der Waals surface area contributed by atoms with Crippen LogP contribution >= 0.6 is 0 Å². The second-order valence-corrected chi connectivity index (χ2v) is 5.97. The van der Waals surface area contributed by atoms with Crippen LogP contribution in [0.4, 0.5) is 4.79 Å². The minimum Gasteiger partial charge on any atom is -0.451 e. The van der Waals surface area contributed by atoms with Crippen LogP contribution in [0.1, 0.15) is 39.5 Å². The molecule has 1 heterocycles. The Labute approximate surface area is 128 Å². The molecule has 2 fully saturated rings.